The van der Waals surface area contributed by atoms with Crippen molar-refractivity contribution in [2.75, 3.05) is 5.32 Å². The van der Waals surface area contributed by atoms with E-state index in [1.807, 2.05) is 0 Å². The monoisotopic (exact) mass is 209 g/mol. The standard InChI is InChI=1S/C11H12FNO2/c12-7-2-1-3-8(6-7)13-10-5-4-9(10)11(14)15/h1-3,6,9-10,13H,4-5H2,(H,14,15). The Morgan fingerprint density at radius 2 is 2.27 bits per heavy atom. The molecule has 0 aromatic heterocycles. The van der Waals surface area contributed by atoms with Gasteiger partial charge in [0.2, 0.25) is 0 Å². The lowest BCUT2D eigenvalue weighted by molar-refractivity contribution is -0.144. The van der Waals surface area contributed by atoms with Crippen molar-refractivity contribution in [3.63, 3.8) is 0 Å². The average molecular weight is 209 g/mol. The molecule has 1 fully saturated rings. The van der Waals surface area contributed by atoms with Gasteiger partial charge in [-0.05, 0) is 31.0 Å². The summed E-state index contributed by atoms with van der Waals surface area (Å²) in [6.07, 6.45) is 1.52. The molecule has 2 atom stereocenters. The van der Waals surface area contributed by atoms with Gasteiger partial charge >= 0.3 is 5.97 Å². The normalized spacial score (nSPS) is 24.3. The van der Waals surface area contributed by atoms with Gasteiger partial charge in [0.1, 0.15) is 5.82 Å². The first kappa shape index (κ1) is 9.96. The van der Waals surface area contributed by atoms with E-state index in [2.05, 4.69) is 5.32 Å². The lowest BCUT2D eigenvalue weighted by Gasteiger charge is -2.34. The van der Waals surface area contributed by atoms with Crippen molar-refractivity contribution in [1.82, 2.24) is 0 Å². The number of aliphatic carboxylic acids is 1. The number of carboxylic acids is 1. The summed E-state index contributed by atoms with van der Waals surface area (Å²) in [6.45, 7) is 0. The molecule has 0 amide bonds. The fourth-order valence-corrected chi connectivity index (χ4v) is 1.76. The number of anilines is 1. The van der Waals surface area contributed by atoms with Gasteiger partial charge in [0.25, 0.3) is 0 Å². The highest BCUT2D eigenvalue weighted by molar-refractivity contribution is 5.73. The first-order valence-corrected chi connectivity index (χ1v) is 4.92. The zero-order valence-corrected chi connectivity index (χ0v) is 8.11. The highest BCUT2D eigenvalue weighted by atomic mass is 19.1. The van der Waals surface area contributed by atoms with E-state index < -0.39 is 5.97 Å². The molecule has 2 rings (SSSR count). The van der Waals surface area contributed by atoms with E-state index in [0.717, 1.165) is 6.42 Å². The summed E-state index contributed by atoms with van der Waals surface area (Å²) in [5.74, 6) is -1.44. The molecule has 0 heterocycles. The van der Waals surface area contributed by atoms with Gasteiger partial charge in [0, 0.05) is 11.7 Å². The predicted octanol–water partition coefficient (Wildman–Crippen LogP) is 2.10. The summed E-state index contributed by atoms with van der Waals surface area (Å²) in [7, 11) is 0. The van der Waals surface area contributed by atoms with Crippen LogP contribution in [0.5, 0.6) is 0 Å². The third kappa shape index (κ3) is 2.09. The molecule has 4 heteroatoms. The van der Waals surface area contributed by atoms with E-state index in [4.69, 9.17) is 5.11 Å². The molecule has 1 saturated carbocycles. The lowest BCUT2D eigenvalue weighted by atomic mass is 9.79. The maximum Gasteiger partial charge on any atom is 0.308 e. The van der Waals surface area contributed by atoms with E-state index in [1.54, 1.807) is 12.1 Å². The van der Waals surface area contributed by atoms with Crippen molar-refractivity contribution in [2.45, 2.75) is 18.9 Å². The zero-order chi connectivity index (χ0) is 10.8. The molecular formula is C11H12FNO2. The Balaban J connectivity index is 2.00. The van der Waals surface area contributed by atoms with Crippen LogP contribution < -0.4 is 5.32 Å². The Hall–Kier alpha value is -1.58. The van der Waals surface area contributed by atoms with Crippen LogP contribution in [0.2, 0.25) is 0 Å². The molecular weight excluding hydrogens is 197 g/mol. The molecule has 3 nitrogen and oxygen atoms in total. The SMILES string of the molecule is O=C(O)C1CCC1Nc1cccc(F)c1. The molecule has 80 valence electrons. The summed E-state index contributed by atoms with van der Waals surface area (Å²) in [5.41, 5.74) is 0.644. The minimum absolute atomic E-state index is 0.0655. The second-order valence-corrected chi connectivity index (χ2v) is 3.78. The van der Waals surface area contributed by atoms with Gasteiger partial charge in [0.15, 0.2) is 0 Å². The summed E-state index contributed by atoms with van der Waals surface area (Å²) in [4.78, 5) is 10.7. The second-order valence-electron chi connectivity index (χ2n) is 3.78. The number of hydrogen-bond donors (Lipinski definition) is 2. The largest absolute Gasteiger partial charge is 0.481 e. The van der Waals surface area contributed by atoms with Gasteiger partial charge in [-0.25, -0.2) is 4.39 Å². The number of rotatable bonds is 3. The fraction of sp³-hybridized carbons (Fsp3) is 0.364. The topological polar surface area (TPSA) is 49.3 Å². The number of carbonyl (C=O) groups is 1. The van der Waals surface area contributed by atoms with Crippen molar-refractivity contribution in [3.8, 4) is 0 Å². The minimum Gasteiger partial charge on any atom is -0.481 e. The third-order valence-electron chi connectivity index (χ3n) is 2.77. The molecule has 15 heavy (non-hydrogen) atoms. The van der Waals surface area contributed by atoms with Gasteiger partial charge < -0.3 is 10.4 Å². The van der Waals surface area contributed by atoms with E-state index >= 15 is 0 Å². The molecule has 1 aromatic rings. The van der Waals surface area contributed by atoms with Crippen LogP contribution in [0.4, 0.5) is 10.1 Å². The Kier molecular flexibility index (Phi) is 2.58. The molecule has 0 radical (unpaired) electrons. The quantitative estimate of drug-likeness (QED) is 0.801. The van der Waals surface area contributed by atoms with Crippen LogP contribution in [0.25, 0.3) is 0 Å². The Bertz CT molecular complexity index is 381. The van der Waals surface area contributed by atoms with Gasteiger partial charge in [0.05, 0.1) is 5.92 Å². The fourth-order valence-electron chi connectivity index (χ4n) is 1.76. The second kappa shape index (κ2) is 3.88. The summed E-state index contributed by atoms with van der Waals surface area (Å²) in [6, 6.07) is 6.01. The Morgan fingerprint density at radius 1 is 1.47 bits per heavy atom. The van der Waals surface area contributed by atoms with Crippen LogP contribution in [-0.4, -0.2) is 17.1 Å². The predicted molar refractivity (Wildman–Crippen MR) is 54.2 cm³/mol. The number of halogens is 1. The molecule has 1 aliphatic carbocycles. The maximum absolute atomic E-state index is 12.8. The summed E-state index contributed by atoms with van der Waals surface area (Å²) >= 11 is 0. The van der Waals surface area contributed by atoms with Gasteiger partial charge in [-0.3, -0.25) is 4.79 Å². The molecule has 2 unspecified atom stereocenters. The highest BCUT2D eigenvalue weighted by Gasteiger charge is 2.36. The van der Waals surface area contributed by atoms with Gasteiger partial charge in [-0.1, -0.05) is 6.07 Å². The summed E-state index contributed by atoms with van der Waals surface area (Å²) < 4.78 is 12.8. The molecule has 0 saturated heterocycles. The van der Waals surface area contributed by atoms with Crippen LogP contribution in [0.15, 0.2) is 24.3 Å². The minimum atomic E-state index is -0.782. The van der Waals surface area contributed by atoms with Gasteiger partial charge in [-0.2, -0.15) is 0 Å². The van der Waals surface area contributed by atoms with E-state index in [9.17, 15) is 9.18 Å². The first-order valence-electron chi connectivity index (χ1n) is 4.92. The van der Waals surface area contributed by atoms with Crippen LogP contribution >= 0.6 is 0 Å². The van der Waals surface area contributed by atoms with Crippen LogP contribution in [-0.2, 0) is 4.79 Å². The number of hydrogen-bond acceptors (Lipinski definition) is 2. The number of nitrogens with one attached hydrogen (secondary N) is 1. The number of benzene rings is 1. The number of carboxylic acid groups (broad SMARTS) is 1. The van der Waals surface area contributed by atoms with Crippen molar-refractivity contribution in [3.05, 3.63) is 30.1 Å². The van der Waals surface area contributed by atoms with Crippen molar-refractivity contribution in [1.29, 1.82) is 0 Å². The van der Waals surface area contributed by atoms with E-state index in [1.165, 1.54) is 12.1 Å². The Labute approximate surface area is 86.9 Å². The molecule has 0 spiro atoms. The van der Waals surface area contributed by atoms with E-state index in [-0.39, 0.29) is 17.8 Å². The molecule has 1 aliphatic rings. The van der Waals surface area contributed by atoms with Crippen molar-refractivity contribution >= 4 is 11.7 Å². The van der Waals surface area contributed by atoms with Crippen molar-refractivity contribution < 1.29 is 14.3 Å². The van der Waals surface area contributed by atoms with Crippen molar-refractivity contribution in [2.24, 2.45) is 5.92 Å². The molecule has 0 aliphatic heterocycles. The van der Waals surface area contributed by atoms with Crippen LogP contribution in [0.1, 0.15) is 12.8 Å². The molecule has 0 bridgehead atoms. The maximum atomic E-state index is 12.8. The van der Waals surface area contributed by atoms with Crippen LogP contribution in [0, 0.1) is 11.7 Å². The zero-order valence-electron chi connectivity index (χ0n) is 8.11. The smallest absolute Gasteiger partial charge is 0.308 e. The molecule has 1 aromatic carbocycles. The summed E-state index contributed by atoms with van der Waals surface area (Å²) in [5, 5.41) is 11.9. The Morgan fingerprint density at radius 3 is 2.80 bits per heavy atom. The third-order valence-corrected chi connectivity index (χ3v) is 2.77. The van der Waals surface area contributed by atoms with Crippen LogP contribution in [0.3, 0.4) is 0 Å². The lowest BCUT2D eigenvalue weighted by Crippen LogP contribution is -2.42. The van der Waals surface area contributed by atoms with E-state index in [0.29, 0.717) is 12.1 Å². The first-order chi connectivity index (χ1) is 7.16. The molecule has 2 N–H and O–H groups in total. The van der Waals surface area contributed by atoms with Gasteiger partial charge in [-0.15, -0.1) is 0 Å². The highest BCUT2D eigenvalue weighted by Crippen LogP contribution is 2.30. The average Bonchev–Trinajstić information content (AvgIpc) is 2.11.